The highest BCUT2D eigenvalue weighted by Crippen LogP contribution is 2.39. The largest absolute Gasteiger partial charge is 0.870 e. The topological polar surface area (TPSA) is 110 Å². The van der Waals surface area contributed by atoms with E-state index in [0.29, 0.717) is 0 Å². The molecule has 1 aliphatic carbocycles. The second-order valence-electron chi connectivity index (χ2n) is 6.40. The van der Waals surface area contributed by atoms with Crippen molar-refractivity contribution < 1.29 is 37.5 Å². The van der Waals surface area contributed by atoms with Gasteiger partial charge in [0.1, 0.15) is 17.1 Å². The average molecular weight is 405 g/mol. The van der Waals surface area contributed by atoms with Crippen molar-refractivity contribution in [2.45, 2.75) is 32.7 Å². The van der Waals surface area contributed by atoms with Crippen LogP contribution in [0, 0.1) is 5.82 Å². The minimum Gasteiger partial charge on any atom is -0.495 e. The van der Waals surface area contributed by atoms with E-state index in [2.05, 4.69) is 9.31 Å². The third-order valence-corrected chi connectivity index (χ3v) is 4.20. The lowest BCUT2D eigenvalue weighted by atomic mass is 10.1. The van der Waals surface area contributed by atoms with E-state index < -0.39 is 42.0 Å². The van der Waals surface area contributed by atoms with Gasteiger partial charge in [0.25, 0.3) is 11.9 Å². The number of hydrogen-bond donors (Lipinski definition) is 0. The molecule has 1 heterocycles. The normalized spacial score (nSPS) is 13.0. The second kappa shape index (κ2) is 7.94. The van der Waals surface area contributed by atoms with E-state index in [9.17, 15) is 23.6 Å². The first kappa shape index (κ1) is 20.4. The monoisotopic (exact) mass is 405 g/mol. The maximum absolute atomic E-state index is 14.5. The molecule has 0 bridgehead atoms. The molecule has 3 rings (SSSR count). The zero-order valence-electron chi connectivity index (χ0n) is 15.9. The Morgan fingerprint density at radius 2 is 1.72 bits per heavy atom. The summed E-state index contributed by atoms with van der Waals surface area (Å²) in [6.07, 6.45) is 2.79. The fraction of sp³-hybridized carbons (Fsp3) is 0.333. The lowest BCUT2D eigenvalue weighted by Crippen LogP contribution is -2.35. The standard InChI is InChI=1S/C18H17BFNO8/c1-9(22)27-19(28-10(2)23)29-18(25)12-8-21(11-4-5-11)16-14(26-3)7-6-13(20)15(16)17(12)24/h6-8,11H,4-5H2,1-3H3. The van der Waals surface area contributed by atoms with Crippen LogP contribution < -0.4 is 10.2 Å². The van der Waals surface area contributed by atoms with Crippen LogP contribution in [-0.4, -0.2) is 36.9 Å². The lowest BCUT2D eigenvalue weighted by Gasteiger charge is -2.16. The summed E-state index contributed by atoms with van der Waals surface area (Å²) >= 11 is 0. The molecule has 0 unspecified atom stereocenters. The Kier molecular flexibility index (Phi) is 5.58. The number of rotatable bonds is 6. The van der Waals surface area contributed by atoms with Gasteiger partial charge in [-0.2, -0.15) is 0 Å². The molecule has 0 radical (unpaired) electrons. The second-order valence-corrected chi connectivity index (χ2v) is 6.40. The maximum Gasteiger partial charge on any atom is 0.870 e. The zero-order chi connectivity index (χ0) is 21.3. The molecular weight excluding hydrogens is 388 g/mol. The van der Waals surface area contributed by atoms with E-state index in [1.165, 1.54) is 19.4 Å². The highest BCUT2D eigenvalue weighted by molar-refractivity contribution is 6.44. The number of halogens is 1. The first-order valence-electron chi connectivity index (χ1n) is 8.69. The van der Waals surface area contributed by atoms with Crippen molar-refractivity contribution in [3.63, 3.8) is 0 Å². The van der Waals surface area contributed by atoms with Crippen LogP contribution in [0.3, 0.4) is 0 Å². The van der Waals surface area contributed by atoms with Gasteiger partial charge in [0.2, 0.25) is 5.43 Å². The van der Waals surface area contributed by atoms with E-state index in [1.54, 1.807) is 4.57 Å². The molecule has 152 valence electrons. The van der Waals surface area contributed by atoms with Crippen molar-refractivity contribution in [2.75, 3.05) is 7.11 Å². The highest BCUT2D eigenvalue weighted by atomic mass is 19.1. The van der Waals surface area contributed by atoms with Gasteiger partial charge in [0.05, 0.1) is 18.0 Å². The number of fused-ring (bicyclic) bond motifs is 1. The van der Waals surface area contributed by atoms with Gasteiger partial charge in [0, 0.05) is 26.1 Å². The molecule has 0 saturated heterocycles. The molecule has 29 heavy (non-hydrogen) atoms. The van der Waals surface area contributed by atoms with Gasteiger partial charge in [-0.15, -0.1) is 0 Å². The van der Waals surface area contributed by atoms with Gasteiger partial charge in [0.15, 0.2) is 0 Å². The van der Waals surface area contributed by atoms with Gasteiger partial charge < -0.3 is 23.3 Å². The van der Waals surface area contributed by atoms with Crippen molar-refractivity contribution in [1.29, 1.82) is 0 Å². The zero-order valence-corrected chi connectivity index (χ0v) is 15.9. The highest BCUT2D eigenvalue weighted by Gasteiger charge is 2.37. The minimum atomic E-state index is -1.97. The first-order chi connectivity index (χ1) is 13.7. The Balaban J connectivity index is 2.10. The van der Waals surface area contributed by atoms with Crippen molar-refractivity contribution in [3.05, 3.63) is 39.9 Å². The van der Waals surface area contributed by atoms with Crippen LogP contribution in [0.5, 0.6) is 5.75 Å². The summed E-state index contributed by atoms with van der Waals surface area (Å²) in [5.41, 5.74) is -1.20. The Labute approximate surface area is 164 Å². The van der Waals surface area contributed by atoms with Crippen molar-refractivity contribution in [3.8, 4) is 5.75 Å². The van der Waals surface area contributed by atoms with Crippen LogP contribution in [0.15, 0.2) is 23.1 Å². The van der Waals surface area contributed by atoms with Gasteiger partial charge in [-0.25, -0.2) is 9.18 Å². The number of carbonyl (C=O) groups excluding carboxylic acids is 3. The molecule has 11 heteroatoms. The molecule has 9 nitrogen and oxygen atoms in total. The van der Waals surface area contributed by atoms with Crippen LogP contribution in [0.25, 0.3) is 10.9 Å². The molecule has 0 atom stereocenters. The Hall–Kier alpha value is -3.37. The van der Waals surface area contributed by atoms with Crippen LogP contribution in [0.1, 0.15) is 43.1 Å². The van der Waals surface area contributed by atoms with E-state index in [0.717, 1.165) is 32.8 Å². The predicted octanol–water partition coefficient (Wildman–Crippen LogP) is 1.75. The summed E-state index contributed by atoms with van der Waals surface area (Å²) in [4.78, 5) is 47.7. The van der Waals surface area contributed by atoms with E-state index in [1.807, 2.05) is 0 Å². The predicted molar refractivity (Wildman–Crippen MR) is 97.7 cm³/mol. The number of nitrogens with zero attached hydrogens (tertiary/aromatic N) is 1. The van der Waals surface area contributed by atoms with E-state index in [-0.39, 0.29) is 22.7 Å². The van der Waals surface area contributed by atoms with Crippen LogP contribution in [0.4, 0.5) is 4.39 Å². The summed E-state index contributed by atoms with van der Waals surface area (Å²) in [7, 11) is -0.587. The number of pyridine rings is 1. The summed E-state index contributed by atoms with van der Waals surface area (Å²) in [6, 6.07) is 2.42. The fourth-order valence-electron chi connectivity index (χ4n) is 2.86. The molecule has 0 spiro atoms. The maximum atomic E-state index is 14.5. The molecule has 0 aliphatic heterocycles. The van der Waals surface area contributed by atoms with Gasteiger partial charge >= 0.3 is 13.3 Å². The molecule has 1 aromatic carbocycles. The Morgan fingerprint density at radius 3 is 2.24 bits per heavy atom. The average Bonchev–Trinajstić information content (AvgIpc) is 3.46. The molecule has 1 aromatic heterocycles. The number of methoxy groups -OCH3 is 1. The third kappa shape index (κ3) is 4.23. The minimum absolute atomic E-state index is 0.0434. The number of ether oxygens (including phenoxy) is 1. The van der Waals surface area contributed by atoms with E-state index >= 15 is 0 Å². The molecule has 1 fully saturated rings. The molecule has 0 amide bonds. The molecule has 1 saturated carbocycles. The summed E-state index contributed by atoms with van der Waals surface area (Å²) in [6.45, 7) is 2.03. The molecular formula is C18H17BFNO8. The number of hydrogen-bond acceptors (Lipinski definition) is 8. The van der Waals surface area contributed by atoms with Crippen LogP contribution in [0.2, 0.25) is 0 Å². The number of carbonyl (C=O) groups is 3. The molecule has 2 aromatic rings. The Bertz CT molecular complexity index is 1050. The smallest absolute Gasteiger partial charge is 0.495 e. The SMILES string of the molecule is COc1ccc(F)c2c(=O)c(C(=O)OB(OC(C)=O)OC(C)=O)cn(C3CC3)c12. The van der Waals surface area contributed by atoms with Crippen LogP contribution in [-0.2, 0) is 23.6 Å². The summed E-state index contributed by atoms with van der Waals surface area (Å²) in [5, 5.41) is -0.331. The molecule has 1 aliphatic rings. The first-order valence-corrected chi connectivity index (χ1v) is 8.69. The summed E-state index contributed by atoms with van der Waals surface area (Å²) < 4.78 is 35.4. The third-order valence-electron chi connectivity index (χ3n) is 4.20. The van der Waals surface area contributed by atoms with Crippen molar-refractivity contribution in [1.82, 2.24) is 4.57 Å². The quantitative estimate of drug-likeness (QED) is 0.669. The number of benzene rings is 1. The van der Waals surface area contributed by atoms with Gasteiger partial charge in [-0.3, -0.25) is 14.4 Å². The van der Waals surface area contributed by atoms with Gasteiger partial charge in [-0.05, 0) is 25.0 Å². The van der Waals surface area contributed by atoms with Gasteiger partial charge in [-0.1, -0.05) is 0 Å². The lowest BCUT2D eigenvalue weighted by molar-refractivity contribution is -0.139. The summed E-state index contributed by atoms with van der Waals surface area (Å²) in [5.74, 6) is -3.54. The fourth-order valence-corrected chi connectivity index (χ4v) is 2.86. The number of aromatic nitrogens is 1. The van der Waals surface area contributed by atoms with Crippen LogP contribution >= 0.6 is 0 Å². The van der Waals surface area contributed by atoms with Crippen molar-refractivity contribution in [2.24, 2.45) is 0 Å². The Morgan fingerprint density at radius 1 is 1.10 bits per heavy atom. The van der Waals surface area contributed by atoms with Crippen molar-refractivity contribution >= 4 is 36.1 Å². The van der Waals surface area contributed by atoms with E-state index in [4.69, 9.17) is 9.39 Å². The molecule has 0 N–H and O–H groups in total.